The number of hydrogen-bond acceptors (Lipinski definition) is 6. The van der Waals surface area contributed by atoms with E-state index in [1.165, 1.54) is 19.3 Å². The van der Waals surface area contributed by atoms with E-state index in [9.17, 15) is 4.79 Å². The highest BCUT2D eigenvalue weighted by atomic mass is 16.2. The summed E-state index contributed by atoms with van der Waals surface area (Å²) in [6.07, 6.45) is 7.45. The van der Waals surface area contributed by atoms with E-state index in [1.807, 2.05) is 4.90 Å². The number of piperidine rings is 2. The molecule has 0 radical (unpaired) electrons. The van der Waals surface area contributed by atoms with E-state index < -0.39 is 0 Å². The summed E-state index contributed by atoms with van der Waals surface area (Å²) in [6.45, 7) is 4.56. The SMILES string of the molecule is Cn1c(CN2CCCCC2)nnc1[C@@H]1CCCN(C(=O)c2cccnn2)C1. The Morgan fingerprint density at radius 2 is 1.96 bits per heavy atom. The minimum absolute atomic E-state index is 0.0523. The fourth-order valence-electron chi connectivity index (χ4n) is 4.14. The van der Waals surface area contributed by atoms with Gasteiger partial charge in [0.25, 0.3) is 5.91 Å². The normalized spacial score (nSPS) is 21.4. The van der Waals surface area contributed by atoms with E-state index in [2.05, 4.69) is 36.9 Å². The quantitative estimate of drug-likeness (QED) is 0.815. The van der Waals surface area contributed by atoms with Gasteiger partial charge >= 0.3 is 0 Å². The molecule has 1 atom stereocenters. The zero-order valence-electron chi connectivity index (χ0n) is 15.9. The van der Waals surface area contributed by atoms with Crippen LogP contribution in [0.25, 0.3) is 0 Å². The van der Waals surface area contributed by atoms with Crippen molar-refractivity contribution in [2.24, 2.45) is 7.05 Å². The van der Waals surface area contributed by atoms with Crippen LogP contribution in [0.3, 0.4) is 0 Å². The second-order valence-electron chi connectivity index (χ2n) is 7.57. The van der Waals surface area contributed by atoms with E-state index in [4.69, 9.17) is 0 Å². The predicted molar refractivity (Wildman–Crippen MR) is 100 cm³/mol. The molecule has 0 spiro atoms. The number of amides is 1. The van der Waals surface area contributed by atoms with Crippen LogP contribution < -0.4 is 0 Å². The van der Waals surface area contributed by atoms with Gasteiger partial charge in [0.2, 0.25) is 0 Å². The molecule has 2 saturated heterocycles. The van der Waals surface area contributed by atoms with E-state index in [-0.39, 0.29) is 11.8 Å². The first-order valence-corrected chi connectivity index (χ1v) is 9.90. The number of carbonyl (C=O) groups excluding carboxylic acids is 1. The minimum atomic E-state index is -0.0523. The standard InChI is InChI=1S/C19H27N7O/c1-24-17(14-25-10-3-2-4-11-25)22-23-18(24)15-7-6-12-26(13-15)19(27)16-8-5-9-20-21-16/h5,8-9,15H,2-4,6-7,10-14H2,1H3/t15-/m1/s1. The first-order chi connectivity index (χ1) is 13.2. The summed E-state index contributed by atoms with van der Waals surface area (Å²) >= 11 is 0. The molecule has 27 heavy (non-hydrogen) atoms. The molecule has 2 fully saturated rings. The summed E-state index contributed by atoms with van der Waals surface area (Å²) in [6, 6.07) is 3.47. The predicted octanol–water partition coefficient (Wildman–Crippen LogP) is 1.61. The molecular weight excluding hydrogens is 342 g/mol. The summed E-state index contributed by atoms with van der Waals surface area (Å²) in [5.74, 6) is 2.17. The lowest BCUT2D eigenvalue weighted by Crippen LogP contribution is -2.40. The van der Waals surface area contributed by atoms with Gasteiger partial charge in [-0.25, -0.2) is 0 Å². The number of nitrogens with zero attached hydrogens (tertiary/aromatic N) is 7. The maximum absolute atomic E-state index is 12.7. The van der Waals surface area contributed by atoms with Crippen LogP contribution in [0.1, 0.15) is 60.2 Å². The van der Waals surface area contributed by atoms with Crippen LogP contribution in [0, 0.1) is 0 Å². The molecule has 2 aromatic rings. The molecule has 0 aliphatic carbocycles. The van der Waals surface area contributed by atoms with Crippen molar-refractivity contribution in [3.63, 3.8) is 0 Å². The summed E-state index contributed by atoms with van der Waals surface area (Å²) in [5, 5.41) is 16.7. The molecule has 0 N–H and O–H groups in total. The van der Waals surface area contributed by atoms with Crippen LogP contribution >= 0.6 is 0 Å². The van der Waals surface area contributed by atoms with Crippen molar-refractivity contribution in [1.82, 2.24) is 34.8 Å². The van der Waals surface area contributed by atoms with Crippen molar-refractivity contribution in [3.05, 3.63) is 35.7 Å². The Kier molecular flexibility index (Phi) is 5.42. The van der Waals surface area contributed by atoms with Crippen molar-refractivity contribution in [1.29, 1.82) is 0 Å². The third kappa shape index (κ3) is 4.00. The molecule has 4 heterocycles. The Bertz CT molecular complexity index is 770. The molecular formula is C19H27N7O. The van der Waals surface area contributed by atoms with Crippen molar-refractivity contribution < 1.29 is 4.79 Å². The second kappa shape index (κ2) is 8.12. The lowest BCUT2D eigenvalue weighted by molar-refractivity contribution is 0.0696. The van der Waals surface area contributed by atoms with E-state index in [0.29, 0.717) is 12.2 Å². The Labute approximate surface area is 159 Å². The highest BCUT2D eigenvalue weighted by Crippen LogP contribution is 2.27. The molecule has 2 aromatic heterocycles. The van der Waals surface area contributed by atoms with E-state index >= 15 is 0 Å². The lowest BCUT2D eigenvalue weighted by Gasteiger charge is -2.32. The highest BCUT2D eigenvalue weighted by molar-refractivity contribution is 5.92. The Morgan fingerprint density at radius 1 is 1.11 bits per heavy atom. The van der Waals surface area contributed by atoms with Crippen LogP contribution in [-0.4, -0.2) is 66.8 Å². The van der Waals surface area contributed by atoms with Crippen molar-refractivity contribution in [3.8, 4) is 0 Å². The van der Waals surface area contributed by atoms with Gasteiger partial charge in [-0.3, -0.25) is 9.69 Å². The molecule has 1 amide bonds. The zero-order valence-corrected chi connectivity index (χ0v) is 15.9. The topological polar surface area (TPSA) is 80.0 Å². The highest BCUT2D eigenvalue weighted by Gasteiger charge is 2.29. The smallest absolute Gasteiger partial charge is 0.274 e. The molecule has 2 aliphatic heterocycles. The number of hydrogen-bond donors (Lipinski definition) is 0. The molecule has 144 valence electrons. The van der Waals surface area contributed by atoms with Crippen LogP contribution in [0.2, 0.25) is 0 Å². The van der Waals surface area contributed by atoms with Gasteiger partial charge in [0, 0.05) is 32.3 Å². The van der Waals surface area contributed by atoms with Gasteiger partial charge in [-0.2, -0.15) is 5.10 Å². The fraction of sp³-hybridized carbons (Fsp3) is 0.632. The number of aromatic nitrogens is 5. The first kappa shape index (κ1) is 18.0. The third-order valence-corrected chi connectivity index (χ3v) is 5.68. The van der Waals surface area contributed by atoms with E-state index in [1.54, 1.807) is 18.3 Å². The molecule has 0 saturated carbocycles. The van der Waals surface area contributed by atoms with E-state index in [0.717, 1.165) is 50.7 Å². The first-order valence-electron chi connectivity index (χ1n) is 9.90. The van der Waals surface area contributed by atoms with Crippen molar-refractivity contribution >= 4 is 5.91 Å². The van der Waals surface area contributed by atoms with Gasteiger partial charge in [-0.1, -0.05) is 6.42 Å². The summed E-state index contributed by atoms with van der Waals surface area (Å²) in [4.78, 5) is 17.0. The number of likely N-dealkylation sites (tertiary alicyclic amines) is 2. The maximum Gasteiger partial charge on any atom is 0.274 e. The van der Waals surface area contributed by atoms with Crippen LogP contribution in [0.15, 0.2) is 18.3 Å². The number of rotatable bonds is 4. The second-order valence-corrected chi connectivity index (χ2v) is 7.57. The van der Waals surface area contributed by atoms with Crippen molar-refractivity contribution in [2.45, 2.75) is 44.6 Å². The van der Waals surface area contributed by atoms with Crippen LogP contribution in [0.5, 0.6) is 0 Å². The molecule has 2 aliphatic rings. The Hall–Kier alpha value is -2.35. The van der Waals surface area contributed by atoms with Crippen LogP contribution in [0.4, 0.5) is 0 Å². The van der Waals surface area contributed by atoms with Gasteiger partial charge < -0.3 is 9.47 Å². The van der Waals surface area contributed by atoms with Gasteiger partial charge in [0.05, 0.1) is 6.54 Å². The molecule has 0 unspecified atom stereocenters. The Morgan fingerprint density at radius 3 is 2.74 bits per heavy atom. The van der Waals surface area contributed by atoms with Gasteiger partial charge in [0.15, 0.2) is 5.69 Å². The largest absolute Gasteiger partial charge is 0.337 e. The molecule has 8 heteroatoms. The minimum Gasteiger partial charge on any atom is -0.337 e. The summed E-state index contributed by atoms with van der Waals surface area (Å²) in [7, 11) is 2.05. The van der Waals surface area contributed by atoms with Crippen LogP contribution in [-0.2, 0) is 13.6 Å². The monoisotopic (exact) mass is 369 g/mol. The van der Waals surface area contributed by atoms with Gasteiger partial charge in [-0.15, -0.1) is 15.3 Å². The van der Waals surface area contributed by atoms with Crippen molar-refractivity contribution in [2.75, 3.05) is 26.2 Å². The molecule has 8 nitrogen and oxygen atoms in total. The fourth-order valence-corrected chi connectivity index (χ4v) is 4.14. The maximum atomic E-state index is 12.7. The number of carbonyl (C=O) groups is 1. The lowest BCUT2D eigenvalue weighted by atomic mass is 9.97. The van der Waals surface area contributed by atoms with Gasteiger partial charge in [-0.05, 0) is 50.9 Å². The summed E-state index contributed by atoms with van der Waals surface area (Å²) < 4.78 is 2.13. The zero-order chi connectivity index (χ0) is 18.6. The molecule has 4 rings (SSSR count). The summed E-state index contributed by atoms with van der Waals surface area (Å²) in [5.41, 5.74) is 0.405. The molecule has 0 bridgehead atoms. The average molecular weight is 369 g/mol. The Balaban J connectivity index is 1.44. The molecule has 0 aromatic carbocycles. The van der Waals surface area contributed by atoms with Gasteiger partial charge in [0.1, 0.15) is 11.6 Å². The third-order valence-electron chi connectivity index (χ3n) is 5.68. The average Bonchev–Trinajstić information content (AvgIpc) is 3.09.